The fraction of sp³-hybridized carbons (Fsp3) is 0.600. The number of hydrogen-bond acceptors (Lipinski definition) is 8. The molecule has 0 rings (SSSR count). The lowest BCUT2D eigenvalue weighted by atomic mass is 10.3. The molecule has 0 saturated heterocycles. The number of aliphatic carboxylic acids is 4. The third-order valence-corrected chi connectivity index (χ3v) is 1.41. The van der Waals surface area contributed by atoms with Crippen LogP contribution in [0.2, 0.25) is 0 Å². The zero-order valence-electron chi connectivity index (χ0n) is 11.2. The van der Waals surface area contributed by atoms with Crippen LogP contribution >= 0.6 is 0 Å². The van der Waals surface area contributed by atoms with Crippen LogP contribution in [0.3, 0.4) is 0 Å². The zero-order chi connectivity index (χ0) is 18.3. The standard InChI is InChI=1S/2C4H6O5.C2H6O2/c2*5-2(4(8)9)1-3(6)7;3-1-2-4/h2*2,5H,1H2,(H,6,7)(H,8,9);3-4H,1-2H2. The summed E-state index contributed by atoms with van der Waals surface area (Å²) in [5, 5.41) is 63.5. The normalized spacial score (nSPS) is 11.6. The Morgan fingerprint density at radius 3 is 0.909 bits per heavy atom. The van der Waals surface area contributed by atoms with Crippen molar-refractivity contribution in [2.75, 3.05) is 13.2 Å². The van der Waals surface area contributed by atoms with Gasteiger partial charge in [-0.1, -0.05) is 0 Å². The molecule has 130 valence electrons. The summed E-state index contributed by atoms with van der Waals surface area (Å²) >= 11 is 0. The number of hydrogen-bond donors (Lipinski definition) is 8. The predicted octanol–water partition coefficient (Wildman–Crippen LogP) is -3.22. The molecule has 0 saturated carbocycles. The number of carbonyl (C=O) groups is 4. The van der Waals surface area contributed by atoms with Crippen LogP contribution in [-0.2, 0) is 19.2 Å². The van der Waals surface area contributed by atoms with Crippen LogP contribution in [0.15, 0.2) is 0 Å². The molecular weight excluding hydrogens is 312 g/mol. The number of aliphatic hydroxyl groups is 4. The maximum atomic E-state index is 9.72. The number of rotatable bonds is 7. The van der Waals surface area contributed by atoms with E-state index in [2.05, 4.69) is 0 Å². The van der Waals surface area contributed by atoms with E-state index in [1.807, 2.05) is 0 Å². The molecule has 0 radical (unpaired) electrons. The molecule has 0 bridgehead atoms. The second-order valence-corrected chi connectivity index (χ2v) is 3.35. The first-order valence-electron chi connectivity index (χ1n) is 5.46. The van der Waals surface area contributed by atoms with Crippen molar-refractivity contribution in [1.29, 1.82) is 0 Å². The Balaban J connectivity index is -0.000000266. The zero-order valence-corrected chi connectivity index (χ0v) is 11.2. The molecule has 0 fully saturated rings. The topological polar surface area (TPSA) is 230 Å². The van der Waals surface area contributed by atoms with E-state index < -0.39 is 48.9 Å². The maximum absolute atomic E-state index is 9.72. The Bertz CT molecular complexity index is 318. The van der Waals surface area contributed by atoms with Gasteiger partial charge in [-0.25, -0.2) is 9.59 Å². The van der Waals surface area contributed by atoms with Crippen molar-refractivity contribution >= 4 is 23.9 Å². The largest absolute Gasteiger partial charge is 0.481 e. The van der Waals surface area contributed by atoms with Gasteiger partial charge in [-0.2, -0.15) is 0 Å². The fourth-order valence-corrected chi connectivity index (χ4v) is 0.505. The van der Waals surface area contributed by atoms with Crippen LogP contribution in [-0.4, -0.2) is 90.2 Å². The Hall–Kier alpha value is -2.28. The van der Waals surface area contributed by atoms with E-state index in [0.29, 0.717) is 0 Å². The van der Waals surface area contributed by atoms with E-state index in [1.165, 1.54) is 0 Å². The average Bonchev–Trinajstić information content (AvgIpc) is 2.38. The van der Waals surface area contributed by atoms with E-state index in [-0.39, 0.29) is 13.2 Å². The Labute approximate surface area is 123 Å². The van der Waals surface area contributed by atoms with Gasteiger partial charge in [0.25, 0.3) is 0 Å². The lowest BCUT2D eigenvalue weighted by Gasteiger charge is -1.97. The first kappa shape index (κ1) is 24.7. The van der Waals surface area contributed by atoms with Crippen LogP contribution in [0.25, 0.3) is 0 Å². The molecule has 0 aromatic carbocycles. The maximum Gasteiger partial charge on any atom is 0.333 e. The van der Waals surface area contributed by atoms with Crippen molar-refractivity contribution in [3.63, 3.8) is 0 Å². The van der Waals surface area contributed by atoms with Gasteiger partial charge >= 0.3 is 23.9 Å². The highest BCUT2D eigenvalue weighted by Gasteiger charge is 2.16. The van der Waals surface area contributed by atoms with Crippen LogP contribution in [0, 0.1) is 0 Å². The predicted molar refractivity (Wildman–Crippen MR) is 66.0 cm³/mol. The molecule has 0 spiro atoms. The fourth-order valence-electron chi connectivity index (χ4n) is 0.505. The smallest absolute Gasteiger partial charge is 0.333 e. The van der Waals surface area contributed by atoms with Crippen molar-refractivity contribution in [2.45, 2.75) is 25.0 Å². The summed E-state index contributed by atoms with van der Waals surface area (Å²) in [5.41, 5.74) is 0. The van der Waals surface area contributed by atoms with Gasteiger partial charge in [-0.15, -0.1) is 0 Å². The Morgan fingerprint density at radius 1 is 0.636 bits per heavy atom. The van der Waals surface area contributed by atoms with Gasteiger partial charge in [0, 0.05) is 0 Å². The molecule has 0 aliphatic rings. The van der Waals surface area contributed by atoms with Gasteiger partial charge in [0.1, 0.15) is 0 Å². The minimum atomic E-state index is -1.79. The second kappa shape index (κ2) is 15.1. The first-order valence-corrected chi connectivity index (χ1v) is 5.46. The Kier molecular flexibility index (Phi) is 17.0. The van der Waals surface area contributed by atoms with Gasteiger partial charge in [0.2, 0.25) is 0 Å². The lowest BCUT2D eigenvalue weighted by molar-refractivity contribution is -0.153. The van der Waals surface area contributed by atoms with Crippen molar-refractivity contribution < 1.29 is 60.0 Å². The molecule has 12 nitrogen and oxygen atoms in total. The van der Waals surface area contributed by atoms with E-state index in [4.69, 9.17) is 40.9 Å². The van der Waals surface area contributed by atoms with Crippen LogP contribution in [0.1, 0.15) is 12.8 Å². The molecule has 2 atom stereocenters. The van der Waals surface area contributed by atoms with Gasteiger partial charge in [0.15, 0.2) is 12.2 Å². The molecule has 0 aliphatic carbocycles. The van der Waals surface area contributed by atoms with Gasteiger partial charge in [0.05, 0.1) is 26.1 Å². The molecule has 12 heteroatoms. The van der Waals surface area contributed by atoms with Crippen molar-refractivity contribution in [2.24, 2.45) is 0 Å². The highest BCUT2D eigenvalue weighted by Crippen LogP contribution is 1.90. The quantitative estimate of drug-likeness (QED) is 0.230. The molecular formula is C10H18O12. The Morgan fingerprint density at radius 2 is 0.864 bits per heavy atom. The molecule has 0 heterocycles. The highest BCUT2D eigenvalue weighted by molar-refractivity contribution is 5.79. The summed E-state index contributed by atoms with van der Waals surface area (Å²) < 4.78 is 0. The molecule has 2 unspecified atom stereocenters. The van der Waals surface area contributed by atoms with Gasteiger partial charge in [-0.3, -0.25) is 9.59 Å². The molecule has 0 amide bonds. The van der Waals surface area contributed by atoms with Crippen molar-refractivity contribution in [3.8, 4) is 0 Å². The van der Waals surface area contributed by atoms with E-state index in [0.717, 1.165) is 0 Å². The van der Waals surface area contributed by atoms with E-state index in [1.54, 1.807) is 0 Å². The summed E-state index contributed by atoms with van der Waals surface area (Å²) in [6.07, 6.45) is -5.09. The van der Waals surface area contributed by atoms with E-state index in [9.17, 15) is 19.2 Å². The highest BCUT2D eigenvalue weighted by atomic mass is 16.4. The molecule has 0 aromatic rings. The molecule has 0 aliphatic heterocycles. The van der Waals surface area contributed by atoms with Crippen molar-refractivity contribution in [1.82, 2.24) is 0 Å². The summed E-state index contributed by atoms with van der Waals surface area (Å²) in [5.74, 6) is -5.69. The molecule has 0 aromatic heterocycles. The number of carboxylic acid groups (broad SMARTS) is 4. The third-order valence-electron chi connectivity index (χ3n) is 1.41. The summed E-state index contributed by atoms with van der Waals surface area (Å²) in [6, 6.07) is 0. The SMILES string of the molecule is O=C(O)CC(O)C(=O)O.O=C(O)CC(O)C(=O)O.OCCO. The molecule has 8 N–H and O–H groups in total. The van der Waals surface area contributed by atoms with Crippen molar-refractivity contribution in [3.05, 3.63) is 0 Å². The number of aliphatic hydroxyl groups excluding tert-OH is 4. The summed E-state index contributed by atoms with van der Waals surface area (Å²) in [7, 11) is 0. The van der Waals surface area contributed by atoms with Crippen LogP contribution in [0.4, 0.5) is 0 Å². The van der Waals surface area contributed by atoms with Crippen LogP contribution < -0.4 is 0 Å². The average molecular weight is 330 g/mol. The summed E-state index contributed by atoms with van der Waals surface area (Å²) in [4.78, 5) is 38.8. The van der Waals surface area contributed by atoms with Gasteiger partial charge in [-0.05, 0) is 0 Å². The lowest BCUT2D eigenvalue weighted by Crippen LogP contribution is -2.22. The number of carboxylic acids is 4. The first-order chi connectivity index (χ1) is 9.99. The third kappa shape index (κ3) is 22.9. The monoisotopic (exact) mass is 330 g/mol. The second-order valence-electron chi connectivity index (χ2n) is 3.35. The minimum Gasteiger partial charge on any atom is -0.481 e. The molecule has 22 heavy (non-hydrogen) atoms. The minimum absolute atomic E-state index is 0.125. The van der Waals surface area contributed by atoms with Crippen LogP contribution in [0.5, 0.6) is 0 Å². The summed E-state index contributed by atoms with van der Waals surface area (Å²) in [6.45, 7) is -0.250. The van der Waals surface area contributed by atoms with E-state index >= 15 is 0 Å². The van der Waals surface area contributed by atoms with Gasteiger partial charge < -0.3 is 40.9 Å².